The van der Waals surface area contributed by atoms with E-state index in [2.05, 4.69) is 5.16 Å². The van der Waals surface area contributed by atoms with Gasteiger partial charge in [0.1, 0.15) is 5.76 Å². The molecule has 1 aromatic heterocycles. The smallest absolute Gasteiger partial charge is 0.145 e. The zero-order chi connectivity index (χ0) is 9.80. The van der Waals surface area contributed by atoms with Gasteiger partial charge in [0, 0.05) is 12.0 Å². The first-order valence-corrected chi connectivity index (χ1v) is 4.61. The molecule has 2 N–H and O–H groups in total. The van der Waals surface area contributed by atoms with Gasteiger partial charge in [-0.05, 0) is 12.1 Å². The largest absolute Gasteiger partial charge is 0.361 e. The van der Waals surface area contributed by atoms with Crippen LogP contribution >= 0.6 is 0 Å². The molecule has 0 radical (unpaired) electrons. The molecule has 72 valence electrons. The molecule has 0 amide bonds. The minimum atomic E-state index is 0.578. The Morgan fingerprint density at radius 1 is 1.21 bits per heavy atom. The van der Waals surface area contributed by atoms with Gasteiger partial charge in [0.25, 0.3) is 0 Å². The molecule has 0 bridgehead atoms. The molecule has 2 aromatic rings. The number of benzene rings is 1. The molecule has 0 fully saturated rings. The summed E-state index contributed by atoms with van der Waals surface area (Å²) < 4.78 is 5.13. The van der Waals surface area contributed by atoms with Crippen LogP contribution in [-0.4, -0.2) is 11.7 Å². The van der Waals surface area contributed by atoms with Gasteiger partial charge in [-0.2, -0.15) is 0 Å². The normalized spacial score (nSPS) is 10.4. The maximum Gasteiger partial charge on any atom is 0.145 e. The van der Waals surface area contributed by atoms with Gasteiger partial charge >= 0.3 is 0 Å². The first-order valence-electron chi connectivity index (χ1n) is 4.61. The fraction of sp³-hybridized carbons (Fsp3) is 0.182. The Morgan fingerprint density at radius 2 is 2.00 bits per heavy atom. The van der Waals surface area contributed by atoms with Gasteiger partial charge in [0.2, 0.25) is 0 Å². The van der Waals surface area contributed by atoms with Gasteiger partial charge in [-0.1, -0.05) is 35.5 Å². The van der Waals surface area contributed by atoms with Crippen LogP contribution in [0.25, 0.3) is 11.1 Å². The highest BCUT2D eigenvalue weighted by atomic mass is 16.5. The first-order chi connectivity index (χ1) is 6.92. The molecular weight excluding hydrogens is 176 g/mol. The van der Waals surface area contributed by atoms with E-state index < -0.39 is 0 Å². The van der Waals surface area contributed by atoms with E-state index in [1.165, 1.54) is 0 Å². The van der Waals surface area contributed by atoms with Gasteiger partial charge in [-0.25, -0.2) is 0 Å². The lowest BCUT2D eigenvalue weighted by molar-refractivity contribution is 0.385. The molecule has 0 saturated heterocycles. The van der Waals surface area contributed by atoms with Crippen LogP contribution in [0.3, 0.4) is 0 Å². The Labute approximate surface area is 82.5 Å². The number of hydrogen-bond acceptors (Lipinski definition) is 3. The van der Waals surface area contributed by atoms with Crippen molar-refractivity contribution in [3.63, 3.8) is 0 Å². The van der Waals surface area contributed by atoms with Crippen molar-refractivity contribution in [2.45, 2.75) is 6.42 Å². The monoisotopic (exact) mass is 188 g/mol. The van der Waals surface area contributed by atoms with Crippen LogP contribution in [0.5, 0.6) is 0 Å². The van der Waals surface area contributed by atoms with Crippen LogP contribution in [0.2, 0.25) is 0 Å². The molecule has 14 heavy (non-hydrogen) atoms. The summed E-state index contributed by atoms with van der Waals surface area (Å²) in [5.41, 5.74) is 7.64. The van der Waals surface area contributed by atoms with Gasteiger partial charge in [-0.3, -0.25) is 0 Å². The zero-order valence-corrected chi connectivity index (χ0v) is 7.81. The molecular formula is C11H12N2O. The summed E-state index contributed by atoms with van der Waals surface area (Å²) in [7, 11) is 0. The second-order valence-corrected chi connectivity index (χ2v) is 3.07. The van der Waals surface area contributed by atoms with Crippen LogP contribution in [0.4, 0.5) is 0 Å². The average Bonchev–Trinajstić information content (AvgIpc) is 2.68. The molecule has 0 unspecified atom stereocenters. The van der Waals surface area contributed by atoms with Gasteiger partial charge < -0.3 is 10.3 Å². The summed E-state index contributed by atoms with van der Waals surface area (Å²) in [4.78, 5) is 0. The molecule has 0 aliphatic heterocycles. The first kappa shape index (κ1) is 8.97. The molecule has 0 aliphatic rings. The highest BCUT2D eigenvalue weighted by molar-refractivity contribution is 5.64. The summed E-state index contributed by atoms with van der Waals surface area (Å²) in [6.45, 7) is 0.578. The van der Waals surface area contributed by atoms with Crippen molar-refractivity contribution >= 4 is 0 Å². The Bertz CT molecular complexity index is 395. The third kappa shape index (κ3) is 1.67. The van der Waals surface area contributed by atoms with E-state index in [-0.39, 0.29) is 0 Å². The van der Waals surface area contributed by atoms with Crippen molar-refractivity contribution in [1.82, 2.24) is 5.16 Å². The third-order valence-electron chi connectivity index (χ3n) is 2.10. The Kier molecular flexibility index (Phi) is 2.60. The van der Waals surface area contributed by atoms with Crippen LogP contribution < -0.4 is 5.73 Å². The molecule has 3 nitrogen and oxygen atoms in total. The van der Waals surface area contributed by atoms with Crippen molar-refractivity contribution in [1.29, 1.82) is 0 Å². The van der Waals surface area contributed by atoms with Crippen molar-refractivity contribution in [2.24, 2.45) is 5.73 Å². The Hall–Kier alpha value is -1.61. The van der Waals surface area contributed by atoms with Gasteiger partial charge in [-0.15, -0.1) is 0 Å². The van der Waals surface area contributed by atoms with Crippen LogP contribution in [-0.2, 0) is 6.42 Å². The highest BCUT2D eigenvalue weighted by Gasteiger charge is 2.08. The van der Waals surface area contributed by atoms with E-state index in [0.717, 1.165) is 23.3 Å². The van der Waals surface area contributed by atoms with Crippen molar-refractivity contribution < 1.29 is 4.52 Å². The summed E-state index contributed by atoms with van der Waals surface area (Å²) in [6, 6.07) is 10.0. The minimum Gasteiger partial charge on any atom is -0.361 e. The predicted molar refractivity (Wildman–Crippen MR) is 54.7 cm³/mol. The zero-order valence-electron chi connectivity index (χ0n) is 7.81. The number of hydrogen-bond donors (Lipinski definition) is 1. The molecule has 0 spiro atoms. The van der Waals surface area contributed by atoms with Crippen LogP contribution in [0.1, 0.15) is 5.76 Å². The van der Waals surface area contributed by atoms with Gasteiger partial charge in [0.15, 0.2) is 0 Å². The SMILES string of the molecule is NCCc1oncc1-c1ccccc1. The average molecular weight is 188 g/mol. The molecule has 2 rings (SSSR count). The van der Waals surface area contributed by atoms with E-state index in [0.29, 0.717) is 6.54 Å². The fourth-order valence-electron chi connectivity index (χ4n) is 1.43. The molecule has 0 atom stereocenters. The van der Waals surface area contributed by atoms with Crippen LogP contribution in [0, 0.1) is 0 Å². The molecule has 3 heteroatoms. The summed E-state index contributed by atoms with van der Waals surface area (Å²) in [5, 5.41) is 3.79. The predicted octanol–water partition coefficient (Wildman–Crippen LogP) is 1.84. The lowest BCUT2D eigenvalue weighted by atomic mass is 10.1. The molecule has 1 aromatic carbocycles. The standard InChI is InChI=1S/C11H12N2O/c12-7-6-11-10(8-13-14-11)9-4-2-1-3-5-9/h1-5,8H,6-7,12H2. The quantitative estimate of drug-likeness (QED) is 0.799. The van der Waals surface area contributed by atoms with Gasteiger partial charge in [0.05, 0.1) is 6.20 Å². The second kappa shape index (κ2) is 4.07. The second-order valence-electron chi connectivity index (χ2n) is 3.07. The third-order valence-corrected chi connectivity index (χ3v) is 2.10. The number of aromatic nitrogens is 1. The topological polar surface area (TPSA) is 52.0 Å². The van der Waals surface area contributed by atoms with E-state index >= 15 is 0 Å². The lowest BCUT2D eigenvalue weighted by Crippen LogP contribution is -2.02. The number of nitrogens with two attached hydrogens (primary N) is 1. The Morgan fingerprint density at radius 3 is 2.71 bits per heavy atom. The van der Waals surface area contributed by atoms with Crippen LogP contribution in [0.15, 0.2) is 41.1 Å². The van der Waals surface area contributed by atoms with E-state index in [9.17, 15) is 0 Å². The summed E-state index contributed by atoms with van der Waals surface area (Å²) in [5.74, 6) is 0.860. The summed E-state index contributed by atoms with van der Waals surface area (Å²) in [6.07, 6.45) is 2.46. The van der Waals surface area contributed by atoms with Crippen molar-refractivity contribution in [2.75, 3.05) is 6.54 Å². The lowest BCUT2D eigenvalue weighted by Gasteiger charge is -1.98. The molecule has 1 heterocycles. The summed E-state index contributed by atoms with van der Waals surface area (Å²) >= 11 is 0. The maximum atomic E-state index is 5.48. The van der Waals surface area contributed by atoms with E-state index in [4.69, 9.17) is 10.3 Å². The van der Waals surface area contributed by atoms with Crippen molar-refractivity contribution in [3.05, 3.63) is 42.3 Å². The highest BCUT2D eigenvalue weighted by Crippen LogP contribution is 2.22. The Balaban J connectivity index is 2.37. The number of nitrogens with zero attached hydrogens (tertiary/aromatic N) is 1. The fourth-order valence-corrected chi connectivity index (χ4v) is 1.43. The van der Waals surface area contributed by atoms with E-state index in [1.807, 2.05) is 30.3 Å². The van der Waals surface area contributed by atoms with E-state index in [1.54, 1.807) is 6.20 Å². The number of rotatable bonds is 3. The maximum absolute atomic E-state index is 5.48. The minimum absolute atomic E-state index is 0.578. The van der Waals surface area contributed by atoms with Crippen molar-refractivity contribution in [3.8, 4) is 11.1 Å². The molecule has 0 aliphatic carbocycles. The molecule has 0 saturated carbocycles.